The predicted octanol–water partition coefficient (Wildman–Crippen LogP) is 1.37. The van der Waals surface area contributed by atoms with Crippen molar-refractivity contribution in [3.63, 3.8) is 0 Å². The third kappa shape index (κ3) is 4.03. The Morgan fingerprint density at radius 2 is 2.13 bits per heavy atom. The summed E-state index contributed by atoms with van der Waals surface area (Å²) in [6.45, 7) is 0. The summed E-state index contributed by atoms with van der Waals surface area (Å²) in [6.07, 6.45) is 3.77. The number of ether oxygens (including phenoxy) is 1. The van der Waals surface area contributed by atoms with Gasteiger partial charge in [0.05, 0.1) is 30.8 Å². The van der Waals surface area contributed by atoms with E-state index in [9.17, 15) is 9.90 Å². The highest BCUT2D eigenvalue weighted by atomic mass is 16.5. The largest absolute Gasteiger partial charge is 0.504 e. The first-order chi connectivity index (χ1) is 11.2. The van der Waals surface area contributed by atoms with Crippen LogP contribution in [0.5, 0.6) is 11.5 Å². The van der Waals surface area contributed by atoms with Gasteiger partial charge in [0.15, 0.2) is 11.5 Å². The highest BCUT2D eigenvalue weighted by molar-refractivity contribution is 5.95. The molecule has 2 aromatic rings. The maximum Gasteiger partial charge on any atom is 0.272 e. The Labute approximate surface area is 131 Å². The number of pyridine rings is 1. The molecule has 1 aromatic carbocycles. The summed E-state index contributed by atoms with van der Waals surface area (Å²) in [5, 5.41) is 24.9. The molecule has 0 aliphatic heterocycles. The first-order valence-corrected chi connectivity index (χ1v) is 6.48. The molecule has 8 nitrogen and oxygen atoms in total. The van der Waals surface area contributed by atoms with Crippen LogP contribution in [0, 0.1) is 0 Å². The van der Waals surface area contributed by atoms with Gasteiger partial charge in [-0.05, 0) is 24.3 Å². The number of para-hydroxylation sites is 1. The fraction of sp³-hybridized carbons (Fsp3) is 0.0667. The summed E-state index contributed by atoms with van der Waals surface area (Å²) >= 11 is 0. The molecule has 0 unspecified atom stereocenters. The zero-order valence-corrected chi connectivity index (χ0v) is 12.2. The maximum atomic E-state index is 11.9. The summed E-state index contributed by atoms with van der Waals surface area (Å²) in [5.41, 5.74) is 3.41. The molecule has 0 aliphatic rings. The molecule has 0 bridgehead atoms. The molecule has 0 fully saturated rings. The van der Waals surface area contributed by atoms with E-state index in [1.54, 1.807) is 18.2 Å². The van der Waals surface area contributed by atoms with Crippen molar-refractivity contribution in [3.05, 3.63) is 53.3 Å². The number of aromatic nitrogens is 1. The average Bonchev–Trinajstić information content (AvgIpc) is 2.57. The number of oxime groups is 1. The molecule has 0 atom stereocenters. The molecule has 1 heterocycles. The standard InChI is InChI=1S/C15H14N4O4/c1-23-13-4-2-3-10(14(13)20)8-17-19-15(21)11-5-6-12(9-18-22)16-7-11/h2-9,20,22H,1H3,(H,19,21)/b17-8+,18-9+. The minimum atomic E-state index is -0.469. The van der Waals surface area contributed by atoms with Crippen molar-refractivity contribution in [2.75, 3.05) is 7.11 Å². The van der Waals surface area contributed by atoms with Gasteiger partial charge in [0.2, 0.25) is 0 Å². The Morgan fingerprint density at radius 3 is 2.78 bits per heavy atom. The third-order valence-electron chi connectivity index (χ3n) is 2.86. The Bertz CT molecular complexity index is 742. The van der Waals surface area contributed by atoms with Crippen molar-refractivity contribution >= 4 is 18.3 Å². The number of amides is 1. The van der Waals surface area contributed by atoms with Crippen LogP contribution in [0.4, 0.5) is 0 Å². The maximum absolute atomic E-state index is 11.9. The van der Waals surface area contributed by atoms with Crippen molar-refractivity contribution in [1.29, 1.82) is 0 Å². The smallest absolute Gasteiger partial charge is 0.272 e. The molecule has 2 rings (SSSR count). The van der Waals surface area contributed by atoms with E-state index in [0.29, 0.717) is 17.0 Å². The number of carbonyl (C=O) groups is 1. The molecular weight excluding hydrogens is 300 g/mol. The molecule has 23 heavy (non-hydrogen) atoms. The van der Waals surface area contributed by atoms with Crippen LogP contribution in [0.2, 0.25) is 0 Å². The van der Waals surface area contributed by atoms with Gasteiger partial charge >= 0.3 is 0 Å². The van der Waals surface area contributed by atoms with Crippen LogP contribution < -0.4 is 10.2 Å². The molecule has 0 aliphatic carbocycles. The van der Waals surface area contributed by atoms with Crippen LogP contribution in [0.1, 0.15) is 21.6 Å². The van der Waals surface area contributed by atoms with Crippen LogP contribution in [-0.2, 0) is 0 Å². The van der Waals surface area contributed by atoms with Gasteiger partial charge in [-0.15, -0.1) is 0 Å². The van der Waals surface area contributed by atoms with E-state index >= 15 is 0 Å². The van der Waals surface area contributed by atoms with Crippen LogP contribution in [0.3, 0.4) is 0 Å². The second-order valence-corrected chi connectivity index (χ2v) is 4.31. The quantitative estimate of drug-likeness (QED) is 0.438. The van der Waals surface area contributed by atoms with Gasteiger partial charge in [0.1, 0.15) is 0 Å². The van der Waals surface area contributed by atoms with E-state index in [-0.39, 0.29) is 11.3 Å². The van der Waals surface area contributed by atoms with Crippen molar-refractivity contribution in [3.8, 4) is 11.5 Å². The van der Waals surface area contributed by atoms with Crippen LogP contribution in [0.15, 0.2) is 46.8 Å². The number of hydrogen-bond donors (Lipinski definition) is 3. The number of benzene rings is 1. The fourth-order valence-corrected chi connectivity index (χ4v) is 1.71. The minimum absolute atomic E-state index is 0.0673. The van der Waals surface area contributed by atoms with Crippen molar-refractivity contribution in [1.82, 2.24) is 10.4 Å². The van der Waals surface area contributed by atoms with E-state index in [4.69, 9.17) is 9.94 Å². The summed E-state index contributed by atoms with van der Waals surface area (Å²) in [4.78, 5) is 15.8. The summed E-state index contributed by atoms with van der Waals surface area (Å²) in [6, 6.07) is 7.95. The summed E-state index contributed by atoms with van der Waals surface area (Å²) < 4.78 is 4.98. The van der Waals surface area contributed by atoms with E-state index < -0.39 is 5.91 Å². The highest BCUT2D eigenvalue weighted by Crippen LogP contribution is 2.27. The van der Waals surface area contributed by atoms with Crippen LogP contribution in [-0.4, -0.2) is 40.7 Å². The van der Waals surface area contributed by atoms with Gasteiger partial charge < -0.3 is 15.1 Å². The Hall–Kier alpha value is -3.42. The number of carbonyl (C=O) groups excluding carboxylic acids is 1. The monoisotopic (exact) mass is 314 g/mol. The molecule has 3 N–H and O–H groups in total. The molecule has 0 spiro atoms. The second kappa shape index (κ2) is 7.55. The van der Waals surface area contributed by atoms with Gasteiger partial charge in [-0.1, -0.05) is 11.2 Å². The first-order valence-electron chi connectivity index (χ1n) is 6.48. The SMILES string of the molecule is COc1cccc(/C=N/NC(=O)c2ccc(/C=N/O)nc2)c1O. The molecule has 0 saturated heterocycles. The normalized spacial score (nSPS) is 11.0. The number of phenols is 1. The van der Waals surface area contributed by atoms with E-state index in [1.165, 1.54) is 31.7 Å². The first kappa shape index (κ1) is 16.0. The number of rotatable bonds is 5. The van der Waals surface area contributed by atoms with Gasteiger partial charge in [-0.25, -0.2) is 5.43 Å². The summed E-state index contributed by atoms with van der Waals surface area (Å²) in [7, 11) is 1.44. The third-order valence-corrected chi connectivity index (χ3v) is 2.86. The number of hydrogen-bond acceptors (Lipinski definition) is 7. The van der Waals surface area contributed by atoms with Gasteiger partial charge in [-0.3, -0.25) is 9.78 Å². The highest BCUT2D eigenvalue weighted by Gasteiger charge is 2.06. The number of phenolic OH excluding ortho intramolecular Hbond substituents is 1. The van der Waals surface area contributed by atoms with Crippen molar-refractivity contribution in [2.45, 2.75) is 0 Å². The van der Waals surface area contributed by atoms with E-state index in [0.717, 1.165) is 6.21 Å². The molecular formula is C15H14N4O4. The second-order valence-electron chi connectivity index (χ2n) is 4.31. The molecule has 0 saturated carbocycles. The lowest BCUT2D eigenvalue weighted by atomic mass is 10.2. The van der Waals surface area contributed by atoms with Crippen molar-refractivity contribution < 1.29 is 19.8 Å². The Morgan fingerprint density at radius 1 is 1.30 bits per heavy atom. The molecule has 1 aromatic heterocycles. The zero-order chi connectivity index (χ0) is 16.7. The van der Waals surface area contributed by atoms with Crippen molar-refractivity contribution in [2.24, 2.45) is 10.3 Å². The van der Waals surface area contributed by atoms with Crippen LogP contribution >= 0.6 is 0 Å². The topological polar surface area (TPSA) is 116 Å². The van der Waals surface area contributed by atoms with Gasteiger partial charge in [-0.2, -0.15) is 5.10 Å². The van der Waals surface area contributed by atoms with Gasteiger partial charge in [0.25, 0.3) is 5.91 Å². The molecule has 8 heteroatoms. The fourth-order valence-electron chi connectivity index (χ4n) is 1.71. The van der Waals surface area contributed by atoms with E-state index in [2.05, 4.69) is 20.7 Å². The van der Waals surface area contributed by atoms with E-state index in [1.807, 2.05) is 0 Å². The zero-order valence-electron chi connectivity index (χ0n) is 12.2. The average molecular weight is 314 g/mol. The number of aromatic hydroxyl groups is 1. The number of hydrazone groups is 1. The minimum Gasteiger partial charge on any atom is -0.504 e. The lowest BCUT2D eigenvalue weighted by Gasteiger charge is -2.05. The molecule has 118 valence electrons. The Kier molecular flexibility index (Phi) is 5.24. The molecule has 1 amide bonds. The lowest BCUT2D eigenvalue weighted by molar-refractivity contribution is 0.0954. The number of methoxy groups -OCH3 is 1. The molecule has 0 radical (unpaired) electrons. The predicted molar refractivity (Wildman–Crippen MR) is 83.3 cm³/mol. The Balaban J connectivity index is 2.04. The van der Waals surface area contributed by atoms with Crippen LogP contribution in [0.25, 0.3) is 0 Å². The van der Waals surface area contributed by atoms with Gasteiger partial charge in [0, 0.05) is 11.8 Å². The number of nitrogens with one attached hydrogen (secondary N) is 1. The number of nitrogens with zero attached hydrogens (tertiary/aromatic N) is 3. The lowest BCUT2D eigenvalue weighted by Crippen LogP contribution is -2.17. The summed E-state index contributed by atoms with van der Waals surface area (Å²) in [5.74, 6) is -0.225.